The summed E-state index contributed by atoms with van der Waals surface area (Å²) in [6.07, 6.45) is 0. The van der Waals surface area contributed by atoms with E-state index in [-0.39, 0.29) is 0 Å². The van der Waals surface area contributed by atoms with E-state index in [0.717, 1.165) is 27.1 Å². The molecule has 0 spiro atoms. The number of aryl methyl sites for hydroxylation is 1. The van der Waals surface area contributed by atoms with Crippen molar-refractivity contribution in [2.75, 3.05) is 11.9 Å². The summed E-state index contributed by atoms with van der Waals surface area (Å²) in [4.78, 5) is 0. The number of hydrogen-bond donors (Lipinski definition) is 1. The summed E-state index contributed by atoms with van der Waals surface area (Å²) in [7, 11) is 0. The molecule has 0 atom stereocenters. The standard InChI is InChI=1S/C12H14ClN3OS/c1-3-17-11-5-4-10(6-9(11)7-13)14-12-16-15-8(2)18-12/h4-6H,3,7H2,1-2H3,(H,14,16). The first-order valence-electron chi connectivity index (χ1n) is 5.61. The fourth-order valence-corrected chi connectivity index (χ4v) is 2.35. The van der Waals surface area contributed by atoms with Crippen LogP contribution in [0.2, 0.25) is 0 Å². The first-order valence-corrected chi connectivity index (χ1v) is 6.97. The maximum Gasteiger partial charge on any atom is 0.210 e. The summed E-state index contributed by atoms with van der Waals surface area (Å²) in [6.45, 7) is 4.51. The zero-order valence-electron chi connectivity index (χ0n) is 10.2. The third-order valence-electron chi connectivity index (χ3n) is 2.28. The number of aromatic nitrogens is 2. The van der Waals surface area contributed by atoms with Gasteiger partial charge in [-0.15, -0.1) is 21.8 Å². The minimum atomic E-state index is 0.417. The van der Waals surface area contributed by atoms with Gasteiger partial charge in [-0.3, -0.25) is 0 Å². The molecule has 96 valence electrons. The topological polar surface area (TPSA) is 47.0 Å². The van der Waals surface area contributed by atoms with Crippen LogP contribution < -0.4 is 10.1 Å². The van der Waals surface area contributed by atoms with E-state index in [1.54, 1.807) is 0 Å². The van der Waals surface area contributed by atoms with E-state index >= 15 is 0 Å². The lowest BCUT2D eigenvalue weighted by molar-refractivity contribution is 0.337. The smallest absolute Gasteiger partial charge is 0.210 e. The number of ether oxygens (including phenoxy) is 1. The van der Waals surface area contributed by atoms with Crippen molar-refractivity contribution in [2.24, 2.45) is 0 Å². The van der Waals surface area contributed by atoms with Gasteiger partial charge in [0, 0.05) is 11.3 Å². The summed E-state index contributed by atoms with van der Waals surface area (Å²) in [6, 6.07) is 5.82. The number of benzene rings is 1. The second kappa shape index (κ2) is 6.02. The Morgan fingerprint density at radius 2 is 2.22 bits per heavy atom. The molecule has 18 heavy (non-hydrogen) atoms. The molecule has 0 radical (unpaired) electrons. The van der Waals surface area contributed by atoms with Crippen LogP contribution in [-0.4, -0.2) is 16.8 Å². The van der Waals surface area contributed by atoms with Crippen molar-refractivity contribution in [1.82, 2.24) is 10.2 Å². The molecule has 1 aromatic carbocycles. The normalized spacial score (nSPS) is 10.4. The van der Waals surface area contributed by atoms with Crippen LogP contribution in [0, 0.1) is 6.92 Å². The van der Waals surface area contributed by atoms with Gasteiger partial charge in [-0.05, 0) is 32.0 Å². The molecular weight excluding hydrogens is 270 g/mol. The van der Waals surface area contributed by atoms with E-state index < -0.39 is 0 Å². The molecule has 0 aliphatic carbocycles. The van der Waals surface area contributed by atoms with Gasteiger partial charge < -0.3 is 10.1 Å². The Morgan fingerprint density at radius 3 is 2.83 bits per heavy atom. The fourth-order valence-electron chi connectivity index (χ4n) is 1.53. The highest BCUT2D eigenvalue weighted by molar-refractivity contribution is 7.15. The van der Waals surface area contributed by atoms with E-state index in [1.807, 2.05) is 32.0 Å². The molecule has 0 unspecified atom stereocenters. The third kappa shape index (κ3) is 3.11. The van der Waals surface area contributed by atoms with Crippen LogP contribution in [0.1, 0.15) is 17.5 Å². The predicted octanol–water partition coefficient (Wildman–Crippen LogP) is 3.73. The molecule has 0 fully saturated rings. The second-order valence-corrected chi connectivity index (χ2v) is 5.09. The zero-order valence-corrected chi connectivity index (χ0v) is 11.8. The maximum atomic E-state index is 5.91. The van der Waals surface area contributed by atoms with Crippen molar-refractivity contribution in [2.45, 2.75) is 19.7 Å². The maximum absolute atomic E-state index is 5.91. The van der Waals surface area contributed by atoms with E-state index in [2.05, 4.69) is 15.5 Å². The van der Waals surface area contributed by atoms with Crippen molar-refractivity contribution in [1.29, 1.82) is 0 Å². The van der Waals surface area contributed by atoms with Gasteiger partial charge in [0.15, 0.2) is 0 Å². The van der Waals surface area contributed by atoms with Crippen LogP contribution >= 0.6 is 22.9 Å². The summed E-state index contributed by atoms with van der Waals surface area (Å²) < 4.78 is 5.50. The highest BCUT2D eigenvalue weighted by Crippen LogP contribution is 2.27. The molecule has 1 aromatic heterocycles. The SMILES string of the molecule is CCOc1ccc(Nc2nnc(C)s2)cc1CCl. The van der Waals surface area contributed by atoms with Gasteiger partial charge in [-0.2, -0.15) is 0 Å². The van der Waals surface area contributed by atoms with E-state index in [1.165, 1.54) is 11.3 Å². The molecule has 0 saturated carbocycles. The lowest BCUT2D eigenvalue weighted by atomic mass is 10.2. The summed E-state index contributed by atoms with van der Waals surface area (Å²) >= 11 is 7.43. The summed E-state index contributed by atoms with van der Waals surface area (Å²) in [5.41, 5.74) is 1.90. The Balaban J connectivity index is 2.19. The lowest BCUT2D eigenvalue weighted by Gasteiger charge is -2.10. The minimum Gasteiger partial charge on any atom is -0.494 e. The van der Waals surface area contributed by atoms with Crippen LogP contribution in [-0.2, 0) is 5.88 Å². The van der Waals surface area contributed by atoms with Gasteiger partial charge in [-0.1, -0.05) is 11.3 Å². The van der Waals surface area contributed by atoms with Gasteiger partial charge in [0.1, 0.15) is 10.8 Å². The molecule has 2 aromatic rings. The number of nitrogens with one attached hydrogen (secondary N) is 1. The molecule has 1 N–H and O–H groups in total. The quantitative estimate of drug-likeness (QED) is 0.850. The van der Waals surface area contributed by atoms with Gasteiger partial charge in [0.2, 0.25) is 5.13 Å². The average Bonchev–Trinajstić information content (AvgIpc) is 2.77. The van der Waals surface area contributed by atoms with Crippen molar-refractivity contribution in [3.05, 3.63) is 28.8 Å². The molecule has 0 aliphatic rings. The molecular formula is C12H14ClN3OS. The van der Waals surface area contributed by atoms with Crippen molar-refractivity contribution >= 4 is 33.8 Å². The zero-order chi connectivity index (χ0) is 13.0. The van der Waals surface area contributed by atoms with Crippen LogP contribution in [0.3, 0.4) is 0 Å². The molecule has 6 heteroatoms. The number of halogens is 1. The predicted molar refractivity (Wildman–Crippen MR) is 75.1 cm³/mol. The Kier molecular flexibility index (Phi) is 4.38. The summed E-state index contributed by atoms with van der Waals surface area (Å²) in [5, 5.41) is 12.9. The average molecular weight is 284 g/mol. The van der Waals surface area contributed by atoms with Crippen LogP contribution in [0.15, 0.2) is 18.2 Å². The number of hydrogen-bond acceptors (Lipinski definition) is 5. The van der Waals surface area contributed by atoms with Crippen molar-refractivity contribution in [3.8, 4) is 5.75 Å². The summed E-state index contributed by atoms with van der Waals surface area (Å²) in [5.74, 6) is 1.24. The van der Waals surface area contributed by atoms with Crippen molar-refractivity contribution < 1.29 is 4.74 Å². The first-order chi connectivity index (χ1) is 8.72. The molecule has 4 nitrogen and oxygen atoms in total. The van der Waals surface area contributed by atoms with Gasteiger partial charge in [-0.25, -0.2) is 0 Å². The molecule has 0 amide bonds. The highest BCUT2D eigenvalue weighted by Gasteiger charge is 2.06. The Hall–Kier alpha value is -1.33. The van der Waals surface area contributed by atoms with Crippen LogP contribution in [0.4, 0.5) is 10.8 Å². The Morgan fingerprint density at radius 1 is 1.39 bits per heavy atom. The molecule has 2 rings (SSSR count). The first kappa shape index (κ1) is 13.1. The van der Waals surface area contributed by atoms with E-state index in [0.29, 0.717) is 12.5 Å². The van der Waals surface area contributed by atoms with Gasteiger partial charge >= 0.3 is 0 Å². The van der Waals surface area contributed by atoms with Crippen LogP contribution in [0.5, 0.6) is 5.75 Å². The van der Waals surface area contributed by atoms with E-state index in [4.69, 9.17) is 16.3 Å². The monoisotopic (exact) mass is 283 g/mol. The molecule has 0 saturated heterocycles. The molecule has 0 bridgehead atoms. The lowest BCUT2D eigenvalue weighted by Crippen LogP contribution is -1.97. The Bertz CT molecular complexity index is 530. The highest BCUT2D eigenvalue weighted by atomic mass is 35.5. The largest absolute Gasteiger partial charge is 0.494 e. The Labute approximate surface area is 115 Å². The van der Waals surface area contributed by atoms with E-state index in [9.17, 15) is 0 Å². The third-order valence-corrected chi connectivity index (χ3v) is 3.32. The fraction of sp³-hybridized carbons (Fsp3) is 0.333. The van der Waals surface area contributed by atoms with Gasteiger partial charge in [0.05, 0.1) is 12.5 Å². The number of anilines is 2. The molecule has 0 aliphatic heterocycles. The van der Waals surface area contributed by atoms with Crippen molar-refractivity contribution in [3.63, 3.8) is 0 Å². The number of nitrogens with zero attached hydrogens (tertiary/aromatic N) is 2. The van der Waals surface area contributed by atoms with Gasteiger partial charge in [0.25, 0.3) is 0 Å². The molecule has 1 heterocycles. The second-order valence-electron chi connectivity index (χ2n) is 3.64. The number of alkyl halides is 1. The number of rotatable bonds is 5. The minimum absolute atomic E-state index is 0.417. The van der Waals surface area contributed by atoms with Crippen LogP contribution in [0.25, 0.3) is 0 Å².